The summed E-state index contributed by atoms with van der Waals surface area (Å²) in [6.45, 7) is 6.24. The van der Waals surface area contributed by atoms with Gasteiger partial charge in [0.1, 0.15) is 5.82 Å². The zero-order valence-corrected chi connectivity index (χ0v) is 21.4. The Morgan fingerprint density at radius 2 is 1.92 bits per heavy atom. The third-order valence-electron chi connectivity index (χ3n) is 9.04. The Morgan fingerprint density at radius 1 is 1.16 bits per heavy atom. The summed E-state index contributed by atoms with van der Waals surface area (Å²) in [6, 6.07) is 8.33. The van der Waals surface area contributed by atoms with Gasteiger partial charge in [-0.15, -0.1) is 0 Å². The first-order chi connectivity index (χ1) is 17.8. The highest BCUT2D eigenvalue weighted by molar-refractivity contribution is 5.94. The van der Waals surface area contributed by atoms with Crippen LogP contribution in [-0.2, 0) is 12.8 Å². The number of benzene rings is 2. The first-order valence-corrected chi connectivity index (χ1v) is 13.5. The number of aromatic nitrogens is 2. The topological polar surface area (TPSA) is 70.4 Å². The van der Waals surface area contributed by atoms with Crippen LogP contribution in [0.2, 0.25) is 0 Å². The highest BCUT2D eigenvalue weighted by atomic mass is 19.2. The molecule has 2 atom stereocenters. The molecule has 1 aromatic heterocycles. The third kappa shape index (κ3) is 4.10. The van der Waals surface area contributed by atoms with Gasteiger partial charge in [-0.1, -0.05) is 13.0 Å². The summed E-state index contributed by atoms with van der Waals surface area (Å²) in [5.41, 5.74) is 4.83. The molecule has 3 aliphatic rings. The lowest BCUT2D eigenvalue weighted by molar-refractivity contribution is 0.0842. The molecule has 8 heteroatoms. The Morgan fingerprint density at radius 3 is 2.57 bits per heavy atom. The zero-order chi connectivity index (χ0) is 25.9. The standard InChI is InChI=1S/C29H34F2N4O2/c1-17(13-19-4-6-22(30)23(31)14-19)27-33-26-21-5-3-18(2)34(28(36)37)24(21)7-8-25(26)35(27)20-9-11-29(12-10-20)15-32-16-29/h4,6-8,14,17-18,20,32H,3,5,9-13,15-16H2,1-2H3,(H,36,37)/t17-,18+/m1/s1. The van der Waals surface area contributed by atoms with E-state index in [1.807, 2.05) is 19.1 Å². The fourth-order valence-corrected chi connectivity index (χ4v) is 6.86. The van der Waals surface area contributed by atoms with Crippen LogP contribution in [-0.4, -0.2) is 39.9 Å². The largest absolute Gasteiger partial charge is 0.465 e. The Labute approximate surface area is 215 Å². The maximum atomic E-state index is 13.9. The second kappa shape index (κ2) is 9.08. The summed E-state index contributed by atoms with van der Waals surface area (Å²) in [5.74, 6) is -0.746. The van der Waals surface area contributed by atoms with E-state index < -0.39 is 17.7 Å². The van der Waals surface area contributed by atoms with Crippen molar-refractivity contribution in [3.05, 3.63) is 58.9 Å². The van der Waals surface area contributed by atoms with Crippen molar-refractivity contribution in [2.45, 2.75) is 76.8 Å². The van der Waals surface area contributed by atoms with Gasteiger partial charge in [0.2, 0.25) is 0 Å². The predicted molar refractivity (Wildman–Crippen MR) is 139 cm³/mol. The van der Waals surface area contributed by atoms with Crippen LogP contribution in [0.15, 0.2) is 30.3 Å². The van der Waals surface area contributed by atoms with Crippen molar-refractivity contribution in [1.82, 2.24) is 14.9 Å². The van der Waals surface area contributed by atoms with E-state index in [2.05, 4.69) is 16.8 Å². The molecule has 1 saturated heterocycles. The van der Waals surface area contributed by atoms with Gasteiger partial charge in [0.05, 0.1) is 16.7 Å². The molecule has 1 aliphatic carbocycles. The molecule has 0 bridgehead atoms. The van der Waals surface area contributed by atoms with E-state index in [0.29, 0.717) is 17.9 Å². The quantitative estimate of drug-likeness (QED) is 0.441. The third-order valence-corrected chi connectivity index (χ3v) is 9.04. The molecule has 1 amide bonds. The Balaban J connectivity index is 1.43. The predicted octanol–water partition coefficient (Wildman–Crippen LogP) is 6.18. The van der Waals surface area contributed by atoms with E-state index in [-0.39, 0.29) is 12.0 Å². The van der Waals surface area contributed by atoms with Crippen molar-refractivity contribution < 1.29 is 18.7 Å². The number of hydrogen-bond acceptors (Lipinski definition) is 3. The van der Waals surface area contributed by atoms with E-state index >= 15 is 0 Å². The van der Waals surface area contributed by atoms with E-state index in [0.717, 1.165) is 72.4 Å². The lowest BCUT2D eigenvalue weighted by Crippen LogP contribution is -2.54. The van der Waals surface area contributed by atoms with E-state index in [1.54, 1.807) is 6.07 Å². The maximum absolute atomic E-state index is 13.9. The molecule has 6 nitrogen and oxygen atoms in total. The first-order valence-electron chi connectivity index (χ1n) is 13.5. The minimum absolute atomic E-state index is 0.0211. The molecule has 2 N–H and O–H groups in total. The molecule has 1 saturated carbocycles. The molecule has 0 radical (unpaired) electrons. The first kappa shape index (κ1) is 24.3. The van der Waals surface area contributed by atoms with Crippen LogP contribution in [0.5, 0.6) is 0 Å². The SMILES string of the molecule is C[C@H](Cc1ccc(F)c(F)c1)c1nc2c3c(ccc2n1C1CCC2(CC1)CNC2)N(C(=O)O)[C@@H](C)CC3. The van der Waals surface area contributed by atoms with Crippen LogP contribution < -0.4 is 10.2 Å². The van der Waals surface area contributed by atoms with Gasteiger partial charge in [-0.25, -0.2) is 18.6 Å². The van der Waals surface area contributed by atoms with Gasteiger partial charge in [0.15, 0.2) is 11.6 Å². The molecular formula is C29H34F2N4O2. The summed E-state index contributed by atoms with van der Waals surface area (Å²) >= 11 is 0. The van der Waals surface area contributed by atoms with Crippen molar-refractivity contribution in [2.24, 2.45) is 5.41 Å². The van der Waals surface area contributed by atoms with Crippen molar-refractivity contribution in [2.75, 3.05) is 18.0 Å². The number of nitrogens with one attached hydrogen (secondary N) is 1. The summed E-state index contributed by atoms with van der Waals surface area (Å²) < 4.78 is 29.9. The Kier molecular flexibility index (Phi) is 5.97. The number of aryl methyl sites for hydroxylation is 1. The minimum Gasteiger partial charge on any atom is -0.465 e. The maximum Gasteiger partial charge on any atom is 0.412 e. The molecule has 3 aromatic rings. The van der Waals surface area contributed by atoms with E-state index in [4.69, 9.17) is 4.98 Å². The normalized spacial score (nSPS) is 22.2. The van der Waals surface area contributed by atoms with Gasteiger partial charge in [-0.3, -0.25) is 4.90 Å². The monoisotopic (exact) mass is 508 g/mol. The molecular weight excluding hydrogens is 474 g/mol. The molecule has 1 spiro atoms. The number of anilines is 1. The summed E-state index contributed by atoms with van der Waals surface area (Å²) in [5, 5.41) is 13.3. The van der Waals surface area contributed by atoms with Crippen molar-refractivity contribution in [3.63, 3.8) is 0 Å². The van der Waals surface area contributed by atoms with Crippen LogP contribution in [0, 0.1) is 17.0 Å². The van der Waals surface area contributed by atoms with E-state index in [9.17, 15) is 18.7 Å². The fraction of sp³-hybridized carbons (Fsp3) is 0.517. The van der Waals surface area contributed by atoms with Crippen molar-refractivity contribution in [1.29, 1.82) is 0 Å². The summed E-state index contributed by atoms with van der Waals surface area (Å²) in [6.07, 6.45) is 5.65. The van der Waals surface area contributed by atoms with Crippen LogP contribution in [0.4, 0.5) is 19.3 Å². The van der Waals surface area contributed by atoms with Gasteiger partial charge >= 0.3 is 6.09 Å². The number of imidazole rings is 1. The number of carbonyl (C=O) groups is 1. The number of nitrogens with zero attached hydrogens (tertiary/aromatic N) is 3. The zero-order valence-electron chi connectivity index (χ0n) is 21.4. The molecule has 2 fully saturated rings. The molecule has 2 aromatic carbocycles. The van der Waals surface area contributed by atoms with Gasteiger partial charge in [-0.05, 0) is 87.1 Å². The lowest BCUT2D eigenvalue weighted by Gasteiger charge is -2.48. The fourth-order valence-electron chi connectivity index (χ4n) is 6.86. The smallest absolute Gasteiger partial charge is 0.412 e. The Bertz CT molecular complexity index is 1360. The second-order valence-electron chi connectivity index (χ2n) is 11.5. The number of carboxylic acid groups (broad SMARTS) is 1. The number of rotatable bonds is 4. The number of amides is 1. The lowest BCUT2D eigenvalue weighted by atomic mass is 9.68. The van der Waals surface area contributed by atoms with Crippen LogP contribution in [0.1, 0.15) is 74.9 Å². The highest BCUT2D eigenvalue weighted by Gasteiger charge is 2.41. The molecule has 196 valence electrons. The number of hydrogen-bond donors (Lipinski definition) is 2. The van der Waals surface area contributed by atoms with Crippen LogP contribution in [0.25, 0.3) is 11.0 Å². The highest BCUT2D eigenvalue weighted by Crippen LogP contribution is 2.46. The molecule has 3 heterocycles. The van der Waals surface area contributed by atoms with Crippen molar-refractivity contribution >= 4 is 22.8 Å². The van der Waals surface area contributed by atoms with Gasteiger partial charge < -0.3 is 15.0 Å². The average molecular weight is 509 g/mol. The molecule has 2 aliphatic heterocycles. The van der Waals surface area contributed by atoms with Crippen LogP contribution >= 0.6 is 0 Å². The number of halogens is 2. The minimum atomic E-state index is -0.939. The molecule has 37 heavy (non-hydrogen) atoms. The second-order valence-corrected chi connectivity index (χ2v) is 11.5. The van der Waals surface area contributed by atoms with Gasteiger partial charge in [0, 0.05) is 36.7 Å². The summed E-state index contributed by atoms with van der Waals surface area (Å²) in [4.78, 5) is 18.7. The molecule has 6 rings (SSSR count). The molecule has 0 unspecified atom stereocenters. The summed E-state index contributed by atoms with van der Waals surface area (Å²) in [7, 11) is 0. The van der Waals surface area contributed by atoms with Gasteiger partial charge in [-0.2, -0.15) is 0 Å². The van der Waals surface area contributed by atoms with Crippen LogP contribution in [0.3, 0.4) is 0 Å². The van der Waals surface area contributed by atoms with Crippen molar-refractivity contribution in [3.8, 4) is 0 Å². The van der Waals surface area contributed by atoms with Gasteiger partial charge in [0.25, 0.3) is 0 Å². The van der Waals surface area contributed by atoms with E-state index in [1.165, 1.54) is 29.9 Å². The number of fused-ring (bicyclic) bond motifs is 3. The average Bonchev–Trinajstić information content (AvgIpc) is 3.25. The Hall–Kier alpha value is -3.00.